The summed E-state index contributed by atoms with van der Waals surface area (Å²) in [6, 6.07) is 12.6. The summed E-state index contributed by atoms with van der Waals surface area (Å²) in [5, 5.41) is 0.447. The molecule has 0 bridgehead atoms. The van der Waals surface area contributed by atoms with E-state index in [9.17, 15) is 14.4 Å². The Bertz CT molecular complexity index is 1050. The van der Waals surface area contributed by atoms with Crippen LogP contribution in [0.4, 0.5) is 0 Å². The fraction of sp³-hybridized carbons (Fsp3) is 0.190. The van der Waals surface area contributed by atoms with Gasteiger partial charge in [-0.05, 0) is 48.9 Å². The highest BCUT2D eigenvalue weighted by molar-refractivity contribution is 6.43. The van der Waals surface area contributed by atoms with Gasteiger partial charge in [-0.3, -0.25) is 14.4 Å². The standard InChI is InChI=1S/C21H16ClNO5/c1-12-7-8-16(28-12)19(24)17-18(13-4-2-5-14(22)10-13)23(21(26)20(17)25)11-15-6-3-9-27-15/h2-10,17-18H,11H2,1H3. The maximum atomic E-state index is 13.1. The zero-order chi connectivity index (χ0) is 19.8. The normalized spacial score (nSPS) is 19.4. The predicted molar refractivity (Wildman–Crippen MR) is 99.7 cm³/mol. The Hall–Kier alpha value is -3.12. The van der Waals surface area contributed by atoms with Gasteiger partial charge in [0.15, 0.2) is 5.76 Å². The summed E-state index contributed by atoms with van der Waals surface area (Å²) in [5.74, 6) is -2.14. The molecule has 1 aromatic carbocycles. The minimum atomic E-state index is -1.22. The molecule has 1 fully saturated rings. The summed E-state index contributed by atoms with van der Waals surface area (Å²) in [7, 11) is 0. The zero-order valence-electron chi connectivity index (χ0n) is 14.9. The maximum absolute atomic E-state index is 13.1. The molecule has 0 spiro atoms. The van der Waals surface area contributed by atoms with Crippen molar-refractivity contribution in [1.29, 1.82) is 0 Å². The second-order valence-electron chi connectivity index (χ2n) is 6.63. The average molecular weight is 398 g/mol. The Morgan fingerprint density at radius 3 is 2.61 bits per heavy atom. The van der Waals surface area contributed by atoms with Gasteiger partial charge in [-0.25, -0.2) is 0 Å². The molecule has 6 nitrogen and oxygen atoms in total. The zero-order valence-corrected chi connectivity index (χ0v) is 15.7. The van der Waals surface area contributed by atoms with E-state index in [1.807, 2.05) is 0 Å². The van der Waals surface area contributed by atoms with E-state index in [0.717, 1.165) is 0 Å². The molecule has 1 saturated heterocycles. The van der Waals surface area contributed by atoms with E-state index in [-0.39, 0.29) is 12.3 Å². The van der Waals surface area contributed by atoms with E-state index in [0.29, 0.717) is 22.1 Å². The second-order valence-corrected chi connectivity index (χ2v) is 7.07. The minimum Gasteiger partial charge on any atom is -0.467 e. The molecular formula is C21H16ClNO5. The number of halogens is 1. The molecule has 1 aliphatic rings. The molecule has 3 aromatic rings. The van der Waals surface area contributed by atoms with Crippen molar-refractivity contribution in [1.82, 2.24) is 4.90 Å². The summed E-state index contributed by atoms with van der Waals surface area (Å²) >= 11 is 6.12. The Morgan fingerprint density at radius 2 is 1.96 bits per heavy atom. The first-order valence-electron chi connectivity index (χ1n) is 8.69. The molecule has 0 aliphatic carbocycles. The van der Waals surface area contributed by atoms with Crippen LogP contribution in [0.15, 0.2) is 63.6 Å². The van der Waals surface area contributed by atoms with Crippen molar-refractivity contribution in [2.24, 2.45) is 5.92 Å². The summed E-state index contributed by atoms with van der Waals surface area (Å²) in [6.45, 7) is 1.77. The molecule has 142 valence electrons. The van der Waals surface area contributed by atoms with Crippen molar-refractivity contribution in [3.05, 3.63) is 82.7 Å². The summed E-state index contributed by atoms with van der Waals surface area (Å²) in [6.07, 6.45) is 1.49. The van der Waals surface area contributed by atoms with Gasteiger partial charge in [-0.1, -0.05) is 23.7 Å². The van der Waals surface area contributed by atoms with Crippen LogP contribution in [0.3, 0.4) is 0 Å². The van der Waals surface area contributed by atoms with Crippen molar-refractivity contribution < 1.29 is 23.2 Å². The van der Waals surface area contributed by atoms with Crippen molar-refractivity contribution in [3.63, 3.8) is 0 Å². The van der Waals surface area contributed by atoms with Gasteiger partial charge in [-0.2, -0.15) is 0 Å². The third-order valence-electron chi connectivity index (χ3n) is 4.77. The molecular weight excluding hydrogens is 382 g/mol. The highest BCUT2D eigenvalue weighted by Crippen LogP contribution is 2.40. The Labute approximate surface area is 165 Å². The molecule has 1 aliphatic heterocycles. The average Bonchev–Trinajstić information content (AvgIpc) is 3.38. The third-order valence-corrected chi connectivity index (χ3v) is 5.00. The Balaban J connectivity index is 1.79. The van der Waals surface area contributed by atoms with Crippen molar-refractivity contribution in [2.75, 3.05) is 0 Å². The van der Waals surface area contributed by atoms with Crippen LogP contribution in [-0.2, 0) is 16.1 Å². The first kappa shape index (κ1) is 18.3. The van der Waals surface area contributed by atoms with Gasteiger partial charge in [0.25, 0.3) is 5.91 Å². The number of carbonyl (C=O) groups is 3. The van der Waals surface area contributed by atoms with Crippen molar-refractivity contribution in [2.45, 2.75) is 19.5 Å². The lowest BCUT2D eigenvalue weighted by Gasteiger charge is -2.26. The quantitative estimate of drug-likeness (QED) is 0.369. The molecule has 2 atom stereocenters. The number of Topliss-reactive ketones (excluding diaryl/α,β-unsaturated/α-hetero) is 2. The van der Waals surface area contributed by atoms with E-state index in [1.54, 1.807) is 49.4 Å². The van der Waals surface area contributed by atoms with Crippen LogP contribution in [0.1, 0.15) is 33.7 Å². The number of likely N-dealkylation sites (tertiary alicyclic amines) is 1. The lowest BCUT2D eigenvalue weighted by Crippen LogP contribution is -2.30. The van der Waals surface area contributed by atoms with Gasteiger partial charge in [0.05, 0.1) is 18.8 Å². The summed E-state index contributed by atoms with van der Waals surface area (Å²) < 4.78 is 10.8. The molecule has 2 unspecified atom stereocenters. The van der Waals surface area contributed by atoms with Crippen LogP contribution in [0.5, 0.6) is 0 Å². The van der Waals surface area contributed by atoms with E-state index in [2.05, 4.69) is 0 Å². The highest BCUT2D eigenvalue weighted by atomic mass is 35.5. The second kappa shape index (κ2) is 7.13. The van der Waals surface area contributed by atoms with Crippen LogP contribution < -0.4 is 0 Å². The lowest BCUT2D eigenvalue weighted by molar-refractivity contribution is -0.141. The number of carbonyl (C=O) groups excluding carboxylic acids is 3. The smallest absolute Gasteiger partial charge is 0.291 e. The van der Waals surface area contributed by atoms with Crippen LogP contribution >= 0.6 is 11.6 Å². The minimum absolute atomic E-state index is 0.0514. The van der Waals surface area contributed by atoms with Crippen LogP contribution in [0.25, 0.3) is 0 Å². The van der Waals surface area contributed by atoms with E-state index >= 15 is 0 Å². The third kappa shape index (κ3) is 3.16. The number of hydrogen-bond donors (Lipinski definition) is 0. The molecule has 1 amide bonds. The molecule has 0 N–H and O–H groups in total. The highest BCUT2D eigenvalue weighted by Gasteiger charge is 2.52. The lowest BCUT2D eigenvalue weighted by atomic mass is 9.88. The largest absolute Gasteiger partial charge is 0.467 e. The van der Waals surface area contributed by atoms with Crippen molar-refractivity contribution in [3.8, 4) is 0 Å². The van der Waals surface area contributed by atoms with Gasteiger partial charge >= 0.3 is 0 Å². The molecule has 4 rings (SSSR count). The fourth-order valence-corrected chi connectivity index (χ4v) is 3.71. The SMILES string of the molecule is Cc1ccc(C(=O)C2C(=O)C(=O)N(Cc3ccco3)C2c2cccc(Cl)c2)o1. The number of hydrogen-bond acceptors (Lipinski definition) is 5. The molecule has 28 heavy (non-hydrogen) atoms. The van der Waals surface area contributed by atoms with Gasteiger partial charge < -0.3 is 13.7 Å². The number of furan rings is 2. The molecule has 2 aromatic heterocycles. The van der Waals surface area contributed by atoms with Gasteiger partial charge in [0.2, 0.25) is 11.6 Å². The summed E-state index contributed by atoms with van der Waals surface area (Å²) in [4.78, 5) is 40.0. The molecule has 0 saturated carbocycles. The topological polar surface area (TPSA) is 80.7 Å². The monoisotopic (exact) mass is 397 g/mol. The van der Waals surface area contributed by atoms with Crippen LogP contribution in [-0.4, -0.2) is 22.4 Å². The number of aryl methyl sites for hydroxylation is 1. The molecule has 3 heterocycles. The number of ketones is 2. The van der Waals surface area contributed by atoms with Crippen molar-refractivity contribution >= 4 is 29.1 Å². The first-order chi connectivity index (χ1) is 13.5. The van der Waals surface area contributed by atoms with Crippen LogP contribution in [0, 0.1) is 12.8 Å². The first-order valence-corrected chi connectivity index (χ1v) is 9.07. The number of nitrogens with zero attached hydrogens (tertiary/aromatic N) is 1. The fourth-order valence-electron chi connectivity index (χ4n) is 3.51. The Morgan fingerprint density at radius 1 is 1.14 bits per heavy atom. The summed E-state index contributed by atoms with van der Waals surface area (Å²) in [5.41, 5.74) is 0.597. The van der Waals surface area contributed by atoms with E-state index < -0.39 is 29.4 Å². The number of benzene rings is 1. The van der Waals surface area contributed by atoms with Crippen LogP contribution in [0.2, 0.25) is 5.02 Å². The molecule has 7 heteroatoms. The van der Waals surface area contributed by atoms with E-state index in [1.165, 1.54) is 17.2 Å². The van der Waals surface area contributed by atoms with Gasteiger partial charge in [-0.15, -0.1) is 0 Å². The molecule has 0 radical (unpaired) electrons. The number of amides is 1. The Kier molecular flexibility index (Phi) is 4.65. The van der Waals surface area contributed by atoms with Gasteiger partial charge in [0.1, 0.15) is 17.4 Å². The maximum Gasteiger partial charge on any atom is 0.291 e. The van der Waals surface area contributed by atoms with E-state index in [4.69, 9.17) is 20.4 Å². The van der Waals surface area contributed by atoms with Gasteiger partial charge in [0, 0.05) is 5.02 Å². The number of rotatable bonds is 5. The predicted octanol–water partition coefficient (Wildman–Crippen LogP) is 3.99.